The molecule has 0 spiro atoms. The van der Waals surface area contributed by atoms with Crippen LogP contribution in [0.2, 0.25) is 0 Å². The van der Waals surface area contributed by atoms with E-state index in [1.165, 1.54) is 18.4 Å². The molecular formula is C23H29N7O2S2. The summed E-state index contributed by atoms with van der Waals surface area (Å²) < 4.78 is 30.7. The van der Waals surface area contributed by atoms with E-state index >= 15 is 0 Å². The molecule has 0 N–H and O–H groups in total. The van der Waals surface area contributed by atoms with Gasteiger partial charge in [-0.25, -0.2) is 17.7 Å². The van der Waals surface area contributed by atoms with E-state index in [9.17, 15) is 8.42 Å². The first-order chi connectivity index (χ1) is 16.4. The molecule has 3 heterocycles. The number of rotatable bonds is 10. The minimum absolute atomic E-state index is 0.245. The minimum Gasteiger partial charge on any atom is -0.327 e. The highest BCUT2D eigenvalue weighted by atomic mass is 32.2. The van der Waals surface area contributed by atoms with Gasteiger partial charge in [-0.2, -0.15) is 0 Å². The smallest absolute Gasteiger partial charge is 0.242 e. The van der Waals surface area contributed by atoms with Gasteiger partial charge in [0.25, 0.3) is 0 Å². The molecule has 0 bridgehead atoms. The lowest BCUT2D eigenvalue weighted by molar-refractivity contribution is 0.521. The molecule has 34 heavy (non-hydrogen) atoms. The standard InChI is InChI=1S/C23H29N7O2S2/c1-5-13-29-20-8-7-18(34(31,32)28(3)4)15-19(20)25-21(29)16-33-23-27-26-22(30(23)14-6-2)17-9-11-24-12-10-17/h7-12,15H,5-6,13-14,16H2,1-4H3. The Hall–Kier alpha value is -2.76. The second-order valence-electron chi connectivity index (χ2n) is 8.10. The normalized spacial score (nSPS) is 12.1. The van der Waals surface area contributed by atoms with Crippen LogP contribution in [0.4, 0.5) is 0 Å². The summed E-state index contributed by atoms with van der Waals surface area (Å²) in [6.07, 6.45) is 5.41. The summed E-state index contributed by atoms with van der Waals surface area (Å²) in [6, 6.07) is 9.03. The van der Waals surface area contributed by atoms with Crippen LogP contribution >= 0.6 is 11.8 Å². The van der Waals surface area contributed by atoms with Crippen LogP contribution in [0.3, 0.4) is 0 Å². The van der Waals surface area contributed by atoms with Crippen molar-refractivity contribution < 1.29 is 8.42 Å². The van der Waals surface area contributed by atoms with E-state index in [-0.39, 0.29) is 4.90 Å². The number of imidazole rings is 1. The van der Waals surface area contributed by atoms with E-state index in [1.807, 2.05) is 18.2 Å². The highest BCUT2D eigenvalue weighted by Gasteiger charge is 2.20. The number of nitrogens with zero attached hydrogens (tertiary/aromatic N) is 7. The van der Waals surface area contributed by atoms with Crippen LogP contribution in [0.25, 0.3) is 22.4 Å². The summed E-state index contributed by atoms with van der Waals surface area (Å²) in [5.74, 6) is 2.31. The molecule has 0 saturated heterocycles. The zero-order valence-electron chi connectivity index (χ0n) is 19.8. The van der Waals surface area contributed by atoms with E-state index < -0.39 is 10.0 Å². The Kier molecular flexibility index (Phi) is 7.34. The molecule has 0 fully saturated rings. The third-order valence-electron chi connectivity index (χ3n) is 5.46. The van der Waals surface area contributed by atoms with E-state index in [4.69, 9.17) is 4.98 Å². The number of hydrogen-bond acceptors (Lipinski definition) is 7. The van der Waals surface area contributed by atoms with Crippen molar-refractivity contribution in [3.63, 3.8) is 0 Å². The van der Waals surface area contributed by atoms with Crippen molar-refractivity contribution in [1.29, 1.82) is 0 Å². The summed E-state index contributed by atoms with van der Waals surface area (Å²) in [6.45, 7) is 5.86. The third-order valence-corrected chi connectivity index (χ3v) is 8.23. The number of pyridine rings is 1. The van der Waals surface area contributed by atoms with E-state index in [0.717, 1.165) is 53.8 Å². The lowest BCUT2D eigenvalue weighted by atomic mass is 10.2. The quantitative estimate of drug-likeness (QED) is 0.304. The number of sulfonamides is 1. The number of fused-ring (bicyclic) bond motifs is 1. The van der Waals surface area contributed by atoms with Gasteiger partial charge in [-0.3, -0.25) is 4.98 Å². The van der Waals surface area contributed by atoms with Crippen molar-refractivity contribution in [1.82, 2.24) is 33.6 Å². The molecule has 0 aliphatic carbocycles. The molecule has 3 aromatic heterocycles. The molecule has 0 aliphatic rings. The SMILES string of the molecule is CCCn1c(SCc2nc3cc(S(=O)(=O)N(C)C)ccc3n2CCC)nnc1-c1ccncc1. The van der Waals surface area contributed by atoms with Gasteiger partial charge >= 0.3 is 0 Å². The molecule has 0 atom stereocenters. The zero-order chi connectivity index (χ0) is 24.3. The summed E-state index contributed by atoms with van der Waals surface area (Å²) in [5.41, 5.74) is 2.60. The van der Waals surface area contributed by atoms with Gasteiger partial charge in [-0.1, -0.05) is 25.6 Å². The Labute approximate surface area is 204 Å². The van der Waals surface area contributed by atoms with Crippen molar-refractivity contribution in [3.8, 4) is 11.4 Å². The van der Waals surface area contributed by atoms with E-state index in [1.54, 1.807) is 36.3 Å². The van der Waals surface area contributed by atoms with Crippen LogP contribution in [0.1, 0.15) is 32.5 Å². The summed E-state index contributed by atoms with van der Waals surface area (Å²) in [7, 11) is -0.459. The van der Waals surface area contributed by atoms with Gasteiger partial charge < -0.3 is 9.13 Å². The molecule has 11 heteroatoms. The fourth-order valence-electron chi connectivity index (χ4n) is 3.78. The molecule has 0 saturated carbocycles. The Bertz CT molecular complexity index is 1380. The minimum atomic E-state index is -3.52. The van der Waals surface area contributed by atoms with Gasteiger partial charge in [0.2, 0.25) is 10.0 Å². The van der Waals surface area contributed by atoms with E-state index in [0.29, 0.717) is 11.3 Å². The number of thioether (sulfide) groups is 1. The first-order valence-electron chi connectivity index (χ1n) is 11.2. The summed E-state index contributed by atoms with van der Waals surface area (Å²) >= 11 is 1.59. The van der Waals surface area contributed by atoms with Crippen molar-refractivity contribution in [2.45, 2.75) is 55.6 Å². The van der Waals surface area contributed by atoms with Crippen LogP contribution in [0.15, 0.2) is 52.8 Å². The van der Waals surface area contributed by atoms with Gasteiger partial charge in [0, 0.05) is 45.1 Å². The van der Waals surface area contributed by atoms with Crippen LogP contribution < -0.4 is 0 Å². The Morgan fingerprint density at radius 2 is 1.68 bits per heavy atom. The number of benzene rings is 1. The van der Waals surface area contributed by atoms with Gasteiger partial charge in [-0.05, 0) is 43.2 Å². The second-order valence-corrected chi connectivity index (χ2v) is 11.2. The third kappa shape index (κ3) is 4.73. The molecule has 0 radical (unpaired) electrons. The number of aromatic nitrogens is 6. The summed E-state index contributed by atoms with van der Waals surface area (Å²) in [5, 5.41) is 9.73. The van der Waals surface area contributed by atoms with Crippen LogP contribution in [-0.2, 0) is 28.9 Å². The highest BCUT2D eigenvalue weighted by Crippen LogP contribution is 2.29. The second kappa shape index (κ2) is 10.2. The molecule has 4 rings (SSSR count). The molecule has 1 aromatic carbocycles. The first kappa shape index (κ1) is 24.4. The molecule has 0 unspecified atom stereocenters. The fraction of sp³-hybridized carbons (Fsp3) is 0.391. The van der Waals surface area contributed by atoms with Crippen molar-refractivity contribution in [2.24, 2.45) is 0 Å². The fourth-order valence-corrected chi connectivity index (χ4v) is 5.61. The van der Waals surface area contributed by atoms with Gasteiger partial charge in [-0.15, -0.1) is 10.2 Å². The highest BCUT2D eigenvalue weighted by molar-refractivity contribution is 7.98. The van der Waals surface area contributed by atoms with Crippen LogP contribution in [-0.4, -0.2) is 56.1 Å². The molecule has 0 aliphatic heterocycles. The number of aryl methyl sites for hydroxylation is 1. The Balaban J connectivity index is 1.67. The predicted molar refractivity (Wildman–Crippen MR) is 134 cm³/mol. The van der Waals surface area contributed by atoms with Crippen molar-refractivity contribution >= 4 is 32.8 Å². The van der Waals surface area contributed by atoms with E-state index in [2.05, 4.69) is 38.2 Å². The Morgan fingerprint density at radius 1 is 0.971 bits per heavy atom. The van der Waals surface area contributed by atoms with Gasteiger partial charge in [0.15, 0.2) is 11.0 Å². The van der Waals surface area contributed by atoms with Crippen molar-refractivity contribution in [2.75, 3.05) is 14.1 Å². The zero-order valence-corrected chi connectivity index (χ0v) is 21.5. The topological polar surface area (TPSA) is 98.8 Å². The maximum Gasteiger partial charge on any atom is 0.242 e. The lowest BCUT2D eigenvalue weighted by Gasteiger charge is -2.11. The summed E-state index contributed by atoms with van der Waals surface area (Å²) in [4.78, 5) is 9.15. The first-order valence-corrected chi connectivity index (χ1v) is 13.7. The molecule has 4 aromatic rings. The molecule has 9 nitrogen and oxygen atoms in total. The van der Waals surface area contributed by atoms with Crippen LogP contribution in [0, 0.1) is 0 Å². The maximum atomic E-state index is 12.6. The van der Waals surface area contributed by atoms with Crippen molar-refractivity contribution in [3.05, 3.63) is 48.5 Å². The monoisotopic (exact) mass is 499 g/mol. The van der Waals surface area contributed by atoms with Gasteiger partial charge in [0.1, 0.15) is 5.82 Å². The van der Waals surface area contributed by atoms with Crippen LogP contribution in [0.5, 0.6) is 0 Å². The molecule has 180 valence electrons. The average molecular weight is 500 g/mol. The lowest BCUT2D eigenvalue weighted by Crippen LogP contribution is -2.22. The molecule has 0 amide bonds. The number of hydrogen-bond donors (Lipinski definition) is 0. The molecular weight excluding hydrogens is 470 g/mol. The van der Waals surface area contributed by atoms with Gasteiger partial charge in [0.05, 0.1) is 21.7 Å². The predicted octanol–water partition coefficient (Wildman–Crippen LogP) is 4.05. The average Bonchev–Trinajstić information content (AvgIpc) is 3.39. The maximum absolute atomic E-state index is 12.6. The Morgan fingerprint density at radius 3 is 2.35 bits per heavy atom. The largest absolute Gasteiger partial charge is 0.327 e.